The summed E-state index contributed by atoms with van der Waals surface area (Å²) in [4.78, 5) is 28.1. The smallest absolute Gasteiger partial charge is 0.239 e. The third kappa shape index (κ3) is 4.17. The Morgan fingerprint density at radius 2 is 1.86 bits per heavy atom. The molecule has 8 heteroatoms. The molecule has 0 unspecified atom stereocenters. The molecule has 8 nitrogen and oxygen atoms in total. The summed E-state index contributed by atoms with van der Waals surface area (Å²) in [6, 6.07) is 0.348. The van der Waals surface area contributed by atoms with Crippen LogP contribution in [0.1, 0.15) is 26.7 Å². The third-order valence-electron chi connectivity index (χ3n) is 3.34. The van der Waals surface area contributed by atoms with Crippen molar-refractivity contribution in [2.45, 2.75) is 32.7 Å². The number of amides is 1. The number of nitrogens with one attached hydrogen (secondary N) is 1. The minimum absolute atomic E-state index is 0.0247. The molecule has 1 fully saturated rings. The van der Waals surface area contributed by atoms with Crippen molar-refractivity contribution in [1.82, 2.24) is 20.3 Å². The Morgan fingerprint density at radius 3 is 2.43 bits per heavy atom. The molecule has 0 bridgehead atoms. The van der Waals surface area contributed by atoms with Crippen LogP contribution in [0, 0.1) is 0 Å². The maximum absolute atomic E-state index is 11.8. The van der Waals surface area contributed by atoms with Crippen LogP contribution in [0.4, 0.5) is 17.8 Å². The molecule has 1 saturated carbocycles. The van der Waals surface area contributed by atoms with Crippen LogP contribution in [-0.2, 0) is 4.79 Å². The van der Waals surface area contributed by atoms with Crippen LogP contribution in [-0.4, -0.2) is 53.6 Å². The van der Waals surface area contributed by atoms with E-state index in [0.717, 1.165) is 25.9 Å². The minimum atomic E-state index is -0.0247. The normalized spacial score (nSPS) is 13.9. The first kappa shape index (κ1) is 15.3. The lowest BCUT2D eigenvalue weighted by Crippen LogP contribution is -2.37. The maximum Gasteiger partial charge on any atom is 0.239 e. The summed E-state index contributed by atoms with van der Waals surface area (Å²) in [6.07, 6.45) is 2.14. The molecule has 0 aliphatic heterocycles. The zero-order valence-electron chi connectivity index (χ0n) is 12.8. The number of nitrogens with two attached hydrogens (primary N) is 1. The number of anilines is 3. The molecule has 0 radical (unpaired) electrons. The van der Waals surface area contributed by atoms with Gasteiger partial charge in [-0.2, -0.15) is 15.0 Å². The van der Waals surface area contributed by atoms with Gasteiger partial charge in [0.1, 0.15) is 0 Å². The van der Waals surface area contributed by atoms with Crippen molar-refractivity contribution in [3.8, 4) is 0 Å². The second-order valence-electron chi connectivity index (χ2n) is 5.16. The van der Waals surface area contributed by atoms with E-state index in [1.807, 2.05) is 18.7 Å². The van der Waals surface area contributed by atoms with E-state index in [1.54, 1.807) is 11.9 Å². The van der Waals surface area contributed by atoms with Crippen molar-refractivity contribution < 1.29 is 4.79 Å². The van der Waals surface area contributed by atoms with Crippen molar-refractivity contribution in [2.24, 2.45) is 0 Å². The van der Waals surface area contributed by atoms with E-state index in [-0.39, 0.29) is 18.4 Å². The van der Waals surface area contributed by atoms with Gasteiger partial charge in [0.25, 0.3) is 0 Å². The molecule has 0 spiro atoms. The van der Waals surface area contributed by atoms with Crippen molar-refractivity contribution in [1.29, 1.82) is 0 Å². The van der Waals surface area contributed by atoms with Gasteiger partial charge >= 0.3 is 0 Å². The number of likely N-dealkylation sites (N-methyl/N-ethyl adjacent to an activating group) is 1. The van der Waals surface area contributed by atoms with Gasteiger partial charge in [-0.25, -0.2) is 0 Å². The highest BCUT2D eigenvalue weighted by atomic mass is 16.2. The summed E-state index contributed by atoms with van der Waals surface area (Å²) in [5.74, 6) is 1.09. The number of rotatable bonds is 7. The Labute approximate surface area is 124 Å². The van der Waals surface area contributed by atoms with Gasteiger partial charge in [0, 0.05) is 26.2 Å². The molecule has 0 atom stereocenters. The molecule has 3 N–H and O–H groups in total. The highest BCUT2D eigenvalue weighted by Gasteiger charge is 2.24. The molecule has 0 saturated heterocycles. The van der Waals surface area contributed by atoms with Crippen LogP contribution in [0.3, 0.4) is 0 Å². The lowest BCUT2D eigenvalue weighted by Gasteiger charge is -2.21. The van der Waals surface area contributed by atoms with Crippen LogP contribution in [0.15, 0.2) is 0 Å². The van der Waals surface area contributed by atoms with Crippen molar-refractivity contribution in [2.75, 3.05) is 42.2 Å². The molecule has 116 valence electrons. The zero-order chi connectivity index (χ0) is 15.4. The van der Waals surface area contributed by atoms with Crippen molar-refractivity contribution in [3.05, 3.63) is 0 Å². The Kier molecular flexibility index (Phi) is 4.77. The number of nitrogen functional groups attached to an aromatic ring is 1. The molecule has 1 aliphatic rings. The van der Waals surface area contributed by atoms with Crippen molar-refractivity contribution >= 4 is 23.8 Å². The predicted molar refractivity (Wildman–Crippen MR) is 82.2 cm³/mol. The summed E-state index contributed by atoms with van der Waals surface area (Å²) in [5.41, 5.74) is 5.75. The Hall–Kier alpha value is -2.12. The van der Waals surface area contributed by atoms with Gasteiger partial charge in [-0.05, 0) is 26.7 Å². The minimum Gasteiger partial charge on any atom is -0.368 e. The largest absolute Gasteiger partial charge is 0.368 e. The maximum atomic E-state index is 11.8. The number of carbonyl (C=O) groups is 1. The van der Waals surface area contributed by atoms with Crippen LogP contribution >= 0.6 is 0 Å². The fraction of sp³-hybridized carbons (Fsp3) is 0.692. The Bertz CT molecular complexity index is 499. The van der Waals surface area contributed by atoms with Crippen LogP contribution in [0.25, 0.3) is 0 Å². The first-order valence-corrected chi connectivity index (χ1v) is 7.30. The number of carbonyl (C=O) groups excluding carboxylic acids is 1. The SMILES string of the molecule is CCN(CC)c1nc(N)nc(N(C)CC(=O)NC2CC2)n1. The first-order chi connectivity index (χ1) is 10.0. The second-order valence-corrected chi connectivity index (χ2v) is 5.16. The van der Waals surface area contributed by atoms with E-state index in [2.05, 4.69) is 20.3 Å². The number of hydrogen-bond acceptors (Lipinski definition) is 7. The second kappa shape index (κ2) is 6.55. The molecule has 1 aromatic heterocycles. The lowest BCUT2D eigenvalue weighted by molar-refractivity contribution is -0.119. The van der Waals surface area contributed by atoms with Crippen LogP contribution < -0.4 is 20.9 Å². The molecule has 1 amide bonds. The van der Waals surface area contributed by atoms with Crippen LogP contribution in [0.2, 0.25) is 0 Å². The summed E-state index contributed by atoms with van der Waals surface area (Å²) in [5, 5.41) is 2.94. The fourth-order valence-electron chi connectivity index (χ4n) is 1.98. The summed E-state index contributed by atoms with van der Waals surface area (Å²) >= 11 is 0. The number of nitrogens with zero attached hydrogens (tertiary/aromatic N) is 5. The van der Waals surface area contributed by atoms with Gasteiger partial charge < -0.3 is 20.9 Å². The molecule has 1 aliphatic carbocycles. The molecule has 1 heterocycles. The van der Waals surface area contributed by atoms with Gasteiger partial charge in [0.2, 0.25) is 23.8 Å². The molecular weight excluding hydrogens is 270 g/mol. The summed E-state index contributed by atoms with van der Waals surface area (Å²) < 4.78 is 0. The van der Waals surface area contributed by atoms with E-state index in [0.29, 0.717) is 17.9 Å². The molecule has 0 aromatic carbocycles. The average molecular weight is 293 g/mol. The predicted octanol–water partition coefficient (Wildman–Crippen LogP) is 0.0148. The van der Waals surface area contributed by atoms with Crippen LogP contribution in [0.5, 0.6) is 0 Å². The van der Waals surface area contributed by atoms with Crippen molar-refractivity contribution in [3.63, 3.8) is 0 Å². The lowest BCUT2D eigenvalue weighted by atomic mass is 10.5. The summed E-state index contributed by atoms with van der Waals surface area (Å²) in [6.45, 7) is 5.82. The molecular formula is C13H23N7O. The first-order valence-electron chi connectivity index (χ1n) is 7.30. The molecule has 1 aromatic rings. The van der Waals surface area contributed by atoms with E-state index in [9.17, 15) is 4.79 Å². The Balaban J connectivity index is 2.08. The molecule has 2 rings (SSSR count). The fourth-order valence-corrected chi connectivity index (χ4v) is 1.98. The van der Waals surface area contributed by atoms with E-state index >= 15 is 0 Å². The van der Waals surface area contributed by atoms with Gasteiger partial charge in [0.15, 0.2) is 0 Å². The molecule has 21 heavy (non-hydrogen) atoms. The van der Waals surface area contributed by atoms with Gasteiger partial charge in [-0.15, -0.1) is 0 Å². The average Bonchev–Trinajstić information content (AvgIpc) is 3.23. The van der Waals surface area contributed by atoms with E-state index in [1.165, 1.54) is 0 Å². The quantitative estimate of drug-likeness (QED) is 0.730. The van der Waals surface area contributed by atoms with E-state index in [4.69, 9.17) is 5.73 Å². The van der Waals surface area contributed by atoms with E-state index < -0.39 is 0 Å². The van der Waals surface area contributed by atoms with Gasteiger partial charge in [-0.1, -0.05) is 0 Å². The third-order valence-corrected chi connectivity index (χ3v) is 3.34. The number of hydrogen-bond donors (Lipinski definition) is 2. The standard InChI is InChI=1S/C13H23N7O/c1-4-20(5-2)13-17-11(14)16-12(18-13)19(3)8-10(21)15-9-6-7-9/h9H,4-8H2,1-3H3,(H,15,21)(H2,14,16,17,18). The van der Waals surface area contributed by atoms with Gasteiger partial charge in [-0.3, -0.25) is 4.79 Å². The summed E-state index contributed by atoms with van der Waals surface area (Å²) in [7, 11) is 1.77. The monoisotopic (exact) mass is 293 g/mol. The van der Waals surface area contributed by atoms with Gasteiger partial charge in [0.05, 0.1) is 6.54 Å². The zero-order valence-corrected chi connectivity index (χ0v) is 12.8. The highest BCUT2D eigenvalue weighted by molar-refractivity contribution is 5.81. The highest BCUT2D eigenvalue weighted by Crippen LogP contribution is 2.18. The number of aromatic nitrogens is 3. The Morgan fingerprint density at radius 1 is 1.24 bits per heavy atom. The topological polar surface area (TPSA) is 100 Å².